The molecule has 5 aromatic carbocycles. The minimum absolute atomic E-state index is 0.868. The maximum Gasteiger partial charge on any atom is 0.381 e. The monoisotopic (exact) mass is 414 g/mol. The Morgan fingerprint density at radius 3 is 2.34 bits per heavy atom. The maximum absolute atomic E-state index is 6.59. The molecule has 0 radical (unpaired) electrons. The minimum Gasteiger partial charge on any atom is -0.456 e. The smallest absolute Gasteiger partial charge is 0.381 e. The van der Waals surface area contributed by atoms with Crippen LogP contribution in [-0.2, 0) is 7.05 Å². The van der Waals surface area contributed by atoms with Crippen LogP contribution in [0.5, 0.6) is 0 Å². The van der Waals surface area contributed by atoms with Gasteiger partial charge in [0, 0.05) is 22.2 Å². The lowest BCUT2D eigenvalue weighted by molar-refractivity contribution is -0.637. The first-order valence-corrected chi connectivity index (χ1v) is 10.8. The van der Waals surface area contributed by atoms with E-state index >= 15 is 0 Å². The van der Waals surface area contributed by atoms with Crippen LogP contribution in [0.4, 0.5) is 0 Å². The van der Waals surface area contributed by atoms with Crippen molar-refractivity contribution in [3.8, 4) is 11.5 Å². The van der Waals surface area contributed by atoms with E-state index in [0.717, 1.165) is 60.7 Å². The molecule has 0 amide bonds. The van der Waals surface area contributed by atoms with Crippen LogP contribution in [0.2, 0.25) is 0 Å². The van der Waals surface area contributed by atoms with Crippen molar-refractivity contribution >= 4 is 54.6 Å². The van der Waals surface area contributed by atoms with Crippen molar-refractivity contribution in [2.75, 3.05) is 0 Å². The van der Waals surface area contributed by atoms with Crippen molar-refractivity contribution in [3.63, 3.8) is 0 Å². The summed E-state index contributed by atoms with van der Waals surface area (Å²) in [5.74, 6) is 0.868. The highest BCUT2D eigenvalue weighted by molar-refractivity contribution is 6.21. The molecule has 7 aromatic rings. The molecular weight excluding hydrogens is 394 g/mol. The molecule has 0 saturated heterocycles. The highest BCUT2D eigenvalue weighted by Crippen LogP contribution is 2.38. The zero-order chi connectivity index (χ0) is 21.4. The number of aryl methyl sites for hydroxylation is 2. The zero-order valence-corrected chi connectivity index (χ0v) is 17.8. The van der Waals surface area contributed by atoms with Crippen LogP contribution in [0.25, 0.3) is 66.0 Å². The molecule has 0 spiro atoms. The predicted octanol–water partition coefficient (Wildman–Crippen LogP) is 7.44. The van der Waals surface area contributed by atoms with Crippen molar-refractivity contribution < 1.29 is 13.4 Å². The quantitative estimate of drug-likeness (QED) is 0.206. The molecule has 0 atom stereocenters. The normalized spacial score (nSPS) is 12.1. The summed E-state index contributed by atoms with van der Waals surface area (Å²) in [5.41, 5.74) is 6.11. The van der Waals surface area contributed by atoms with Crippen LogP contribution >= 0.6 is 0 Å². The summed E-state index contributed by atoms with van der Waals surface area (Å²) < 4.78 is 14.9. The van der Waals surface area contributed by atoms with E-state index in [1.807, 2.05) is 12.1 Å². The third-order valence-electron chi connectivity index (χ3n) is 6.67. The molecule has 3 nitrogen and oxygen atoms in total. The van der Waals surface area contributed by atoms with Gasteiger partial charge in [-0.15, -0.1) is 0 Å². The first kappa shape index (κ1) is 17.6. The lowest BCUT2D eigenvalue weighted by atomic mass is 9.99. The molecule has 0 fully saturated rings. The number of aromatic nitrogens is 1. The largest absolute Gasteiger partial charge is 0.456 e. The Balaban J connectivity index is 1.63. The van der Waals surface area contributed by atoms with Crippen LogP contribution in [0.3, 0.4) is 0 Å². The van der Waals surface area contributed by atoms with Crippen molar-refractivity contribution in [2.24, 2.45) is 7.05 Å². The fourth-order valence-corrected chi connectivity index (χ4v) is 5.02. The second-order valence-corrected chi connectivity index (χ2v) is 8.53. The molecule has 0 saturated carbocycles. The van der Waals surface area contributed by atoms with Gasteiger partial charge < -0.3 is 8.83 Å². The van der Waals surface area contributed by atoms with Gasteiger partial charge in [-0.3, -0.25) is 0 Å². The van der Waals surface area contributed by atoms with E-state index in [9.17, 15) is 0 Å². The highest BCUT2D eigenvalue weighted by atomic mass is 16.4. The summed E-state index contributed by atoms with van der Waals surface area (Å²) in [5, 5.41) is 6.90. The fraction of sp³-hybridized carbons (Fsp3) is 0.0690. The van der Waals surface area contributed by atoms with Crippen molar-refractivity contribution in [1.82, 2.24) is 0 Å². The Morgan fingerprint density at radius 2 is 1.44 bits per heavy atom. The van der Waals surface area contributed by atoms with E-state index in [4.69, 9.17) is 8.83 Å². The molecule has 0 aliphatic heterocycles. The molecule has 7 rings (SSSR count). The van der Waals surface area contributed by atoms with E-state index < -0.39 is 0 Å². The van der Waals surface area contributed by atoms with Crippen LogP contribution in [-0.4, -0.2) is 0 Å². The Morgan fingerprint density at radius 1 is 0.656 bits per heavy atom. The Bertz CT molecular complexity index is 1850. The van der Waals surface area contributed by atoms with Gasteiger partial charge in [-0.05, 0) is 59.0 Å². The van der Waals surface area contributed by atoms with Gasteiger partial charge in [-0.1, -0.05) is 48.5 Å². The maximum atomic E-state index is 6.59. The Hall–Kier alpha value is -4.11. The molecule has 0 aliphatic carbocycles. The van der Waals surface area contributed by atoms with E-state index in [2.05, 4.69) is 91.3 Å². The highest BCUT2D eigenvalue weighted by Gasteiger charge is 2.24. The van der Waals surface area contributed by atoms with Gasteiger partial charge in [-0.2, -0.15) is 4.57 Å². The summed E-state index contributed by atoms with van der Waals surface area (Å²) in [6.07, 6.45) is 0. The van der Waals surface area contributed by atoms with Crippen LogP contribution in [0, 0.1) is 6.92 Å². The van der Waals surface area contributed by atoms with Crippen molar-refractivity contribution in [3.05, 3.63) is 90.5 Å². The standard InChI is InChI=1S/C29H20NO2/c1-17-7-3-4-8-20(17)29-30(2)24-14-13-18-11-12-19-15-23-21-9-5-6-10-25(21)31-26(23)16-22(19)27(18)28(24)32-29/h3-16H,1-2H3/q+1. The van der Waals surface area contributed by atoms with Gasteiger partial charge in [0.25, 0.3) is 5.52 Å². The van der Waals surface area contributed by atoms with E-state index in [0.29, 0.717) is 0 Å². The number of fused-ring (bicyclic) bond motifs is 8. The third-order valence-corrected chi connectivity index (χ3v) is 6.67. The van der Waals surface area contributed by atoms with E-state index in [1.165, 1.54) is 10.9 Å². The van der Waals surface area contributed by atoms with E-state index in [1.54, 1.807) is 0 Å². The second kappa shape index (κ2) is 6.21. The average molecular weight is 414 g/mol. The Labute approximate surface area is 184 Å². The molecule has 152 valence electrons. The first-order chi connectivity index (χ1) is 15.7. The van der Waals surface area contributed by atoms with Crippen molar-refractivity contribution in [1.29, 1.82) is 0 Å². The molecule has 2 aromatic heterocycles. The van der Waals surface area contributed by atoms with Gasteiger partial charge in [0.2, 0.25) is 5.58 Å². The van der Waals surface area contributed by atoms with Gasteiger partial charge >= 0.3 is 5.89 Å². The number of hydrogen-bond donors (Lipinski definition) is 0. The van der Waals surface area contributed by atoms with Gasteiger partial charge in [0.15, 0.2) is 0 Å². The topological polar surface area (TPSA) is 30.2 Å². The summed E-state index contributed by atoms with van der Waals surface area (Å²) in [6.45, 7) is 2.12. The van der Waals surface area contributed by atoms with Gasteiger partial charge in [0.05, 0.1) is 5.56 Å². The molecule has 0 N–H and O–H groups in total. The number of rotatable bonds is 1. The molecule has 0 aliphatic rings. The summed E-state index contributed by atoms with van der Waals surface area (Å²) in [7, 11) is 2.07. The lowest BCUT2D eigenvalue weighted by Gasteiger charge is -2.04. The minimum atomic E-state index is 0.868. The van der Waals surface area contributed by atoms with Gasteiger partial charge in [0.1, 0.15) is 18.2 Å². The van der Waals surface area contributed by atoms with Crippen LogP contribution in [0.1, 0.15) is 5.56 Å². The second-order valence-electron chi connectivity index (χ2n) is 8.53. The van der Waals surface area contributed by atoms with Crippen LogP contribution in [0.15, 0.2) is 93.8 Å². The predicted molar refractivity (Wildman–Crippen MR) is 130 cm³/mol. The summed E-state index contributed by atoms with van der Waals surface area (Å²) in [4.78, 5) is 0. The molecule has 0 unspecified atom stereocenters. The van der Waals surface area contributed by atoms with Crippen molar-refractivity contribution in [2.45, 2.75) is 6.92 Å². The molecular formula is C29H20NO2+. The molecule has 0 bridgehead atoms. The SMILES string of the molecule is Cc1ccccc1-c1oc2c3c(ccc4cc5c(cc43)oc3ccccc35)ccc2[n+]1C. The molecule has 2 heterocycles. The number of hydrogen-bond acceptors (Lipinski definition) is 2. The summed E-state index contributed by atoms with van der Waals surface area (Å²) >= 11 is 0. The Kier molecular flexibility index (Phi) is 3.41. The molecule has 3 heteroatoms. The number of furan rings is 1. The summed E-state index contributed by atoms with van der Waals surface area (Å²) in [6, 6.07) is 29.7. The van der Waals surface area contributed by atoms with Gasteiger partial charge in [-0.25, -0.2) is 0 Å². The fourth-order valence-electron chi connectivity index (χ4n) is 5.02. The third kappa shape index (κ3) is 2.28. The number of oxazole rings is 1. The zero-order valence-electron chi connectivity index (χ0n) is 17.8. The molecule has 32 heavy (non-hydrogen) atoms. The van der Waals surface area contributed by atoms with Crippen LogP contribution < -0.4 is 4.57 Å². The lowest BCUT2D eigenvalue weighted by Crippen LogP contribution is -2.28. The number of benzene rings is 5. The number of nitrogens with zero attached hydrogens (tertiary/aromatic N) is 1. The van der Waals surface area contributed by atoms with E-state index in [-0.39, 0.29) is 0 Å². The first-order valence-electron chi connectivity index (χ1n) is 10.8. The number of para-hydroxylation sites is 1. The average Bonchev–Trinajstić information content (AvgIpc) is 3.35.